The van der Waals surface area contributed by atoms with Crippen molar-refractivity contribution in [3.63, 3.8) is 0 Å². The maximum absolute atomic E-state index is 11.7. The van der Waals surface area contributed by atoms with Crippen LogP contribution < -0.4 is 5.32 Å². The quantitative estimate of drug-likeness (QED) is 0.687. The fraction of sp³-hybridized carbons (Fsp3) is 0.929. The van der Waals surface area contributed by atoms with Gasteiger partial charge in [0.2, 0.25) is 0 Å². The monoisotopic (exact) mass is 243 g/mol. The molecule has 0 rings (SSSR count). The highest BCUT2D eigenvalue weighted by molar-refractivity contribution is 5.78. The van der Waals surface area contributed by atoms with Crippen molar-refractivity contribution in [2.75, 3.05) is 0 Å². The summed E-state index contributed by atoms with van der Waals surface area (Å²) >= 11 is 0. The van der Waals surface area contributed by atoms with E-state index in [9.17, 15) is 9.90 Å². The van der Waals surface area contributed by atoms with Crippen LogP contribution in [0.4, 0.5) is 0 Å². The summed E-state index contributed by atoms with van der Waals surface area (Å²) in [5.74, 6) is 0.0445. The number of carboxylic acids is 1. The molecule has 1 unspecified atom stereocenters. The van der Waals surface area contributed by atoms with Crippen molar-refractivity contribution in [2.45, 2.75) is 72.4 Å². The molecule has 0 radical (unpaired) electrons. The SMILES string of the molecule is CCC(C)NC(CC(C)C)(CC(C)C)C(=O)O. The van der Waals surface area contributed by atoms with Gasteiger partial charge in [0.25, 0.3) is 0 Å². The molecule has 0 aliphatic heterocycles. The summed E-state index contributed by atoms with van der Waals surface area (Å²) in [6.45, 7) is 12.5. The standard InChI is InChI=1S/C14H29NO2/c1-7-12(6)15-14(13(16)17,8-10(2)3)9-11(4)5/h10-12,15H,7-9H2,1-6H3,(H,16,17). The van der Waals surface area contributed by atoms with Crippen LogP contribution in [-0.2, 0) is 4.79 Å². The van der Waals surface area contributed by atoms with Crippen molar-refractivity contribution in [3.05, 3.63) is 0 Å². The molecule has 0 saturated heterocycles. The highest BCUT2D eigenvalue weighted by Gasteiger charge is 2.40. The molecule has 0 amide bonds. The third-order valence-corrected chi connectivity index (χ3v) is 3.06. The summed E-state index contributed by atoms with van der Waals surface area (Å²) in [5, 5.41) is 12.9. The van der Waals surface area contributed by atoms with E-state index in [0.717, 1.165) is 6.42 Å². The summed E-state index contributed by atoms with van der Waals surface area (Å²) in [7, 11) is 0. The first-order valence-electron chi connectivity index (χ1n) is 6.74. The van der Waals surface area contributed by atoms with Crippen LogP contribution in [-0.4, -0.2) is 22.7 Å². The van der Waals surface area contributed by atoms with Crippen molar-refractivity contribution in [1.82, 2.24) is 5.32 Å². The van der Waals surface area contributed by atoms with Gasteiger partial charge in [-0.15, -0.1) is 0 Å². The van der Waals surface area contributed by atoms with Gasteiger partial charge < -0.3 is 5.11 Å². The molecule has 3 nitrogen and oxygen atoms in total. The zero-order valence-electron chi connectivity index (χ0n) is 12.2. The van der Waals surface area contributed by atoms with E-state index in [1.807, 2.05) is 0 Å². The van der Waals surface area contributed by atoms with Crippen molar-refractivity contribution < 1.29 is 9.90 Å². The highest BCUT2D eigenvalue weighted by atomic mass is 16.4. The van der Waals surface area contributed by atoms with Gasteiger partial charge in [-0.2, -0.15) is 0 Å². The van der Waals surface area contributed by atoms with E-state index in [4.69, 9.17) is 0 Å². The number of hydrogen-bond acceptors (Lipinski definition) is 2. The maximum Gasteiger partial charge on any atom is 0.323 e. The van der Waals surface area contributed by atoms with E-state index in [2.05, 4.69) is 46.9 Å². The Balaban J connectivity index is 5.01. The first-order chi connectivity index (χ1) is 7.73. The average molecular weight is 243 g/mol. The van der Waals surface area contributed by atoms with Crippen LogP contribution in [0, 0.1) is 11.8 Å². The lowest BCUT2D eigenvalue weighted by Crippen LogP contribution is -2.56. The van der Waals surface area contributed by atoms with Gasteiger partial charge in [0.1, 0.15) is 5.54 Å². The van der Waals surface area contributed by atoms with E-state index in [1.165, 1.54) is 0 Å². The zero-order valence-corrected chi connectivity index (χ0v) is 12.2. The molecule has 0 aromatic rings. The second-order valence-corrected chi connectivity index (χ2v) is 6.04. The number of hydrogen-bond donors (Lipinski definition) is 2. The van der Waals surface area contributed by atoms with E-state index in [1.54, 1.807) is 0 Å². The number of aliphatic carboxylic acids is 1. The molecule has 3 heteroatoms. The van der Waals surface area contributed by atoms with E-state index in [-0.39, 0.29) is 6.04 Å². The Bertz CT molecular complexity index is 226. The minimum absolute atomic E-state index is 0.239. The Hall–Kier alpha value is -0.570. The van der Waals surface area contributed by atoms with Crippen LogP contribution in [0.15, 0.2) is 0 Å². The molecule has 2 N–H and O–H groups in total. The van der Waals surface area contributed by atoms with Crippen LogP contribution in [0.5, 0.6) is 0 Å². The third kappa shape index (κ3) is 5.53. The lowest BCUT2D eigenvalue weighted by atomic mass is 9.81. The second kappa shape index (κ2) is 7.00. The van der Waals surface area contributed by atoms with Gasteiger partial charge in [-0.05, 0) is 38.0 Å². The van der Waals surface area contributed by atoms with Crippen molar-refractivity contribution in [3.8, 4) is 0 Å². The molecule has 102 valence electrons. The van der Waals surface area contributed by atoms with Crippen LogP contribution in [0.25, 0.3) is 0 Å². The fourth-order valence-electron chi connectivity index (χ4n) is 2.41. The normalized spacial score (nSPS) is 14.4. The summed E-state index contributed by atoms with van der Waals surface area (Å²) in [6.07, 6.45) is 2.32. The Morgan fingerprint density at radius 2 is 1.53 bits per heavy atom. The maximum atomic E-state index is 11.7. The minimum atomic E-state index is -0.766. The molecule has 1 atom stereocenters. The van der Waals surface area contributed by atoms with Crippen LogP contribution in [0.3, 0.4) is 0 Å². The molecule has 0 aliphatic rings. The number of carboxylic acid groups (broad SMARTS) is 1. The molecule has 0 aliphatic carbocycles. The van der Waals surface area contributed by atoms with Crippen LogP contribution >= 0.6 is 0 Å². The van der Waals surface area contributed by atoms with Crippen molar-refractivity contribution in [2.24, 2.45) is 11.8 Å². The highest BCUT2D eigenvalue weighted by Crippen LogP contribution is 2.26. The minimum Gasteiger partial charge on any atom is -0.480 e. The lowest BCUT2D eigenvalue weighted by molar-refractivity contribution is -0.147. The molecule has 0 saturated carbocycles. The summed E-state index contributed by atoms with van der Waals surface area (Å²) in [4.78, 5) is 11.7. The number of rotatable bonds is 8. The van der Waals surface area contributed by atoms with Gasteiger partial charge in [0, 0.05) is 6.04 Å². The molecule has 0 aromatic heterocycles. The largest absolute Gasteiger partial charge is 0.480 e. The van der Waals surface area contributed by atoms with Crippen LogP contribution in [0.1, 0.15) is 60.8 Å². The molecular weight excluding hydrogens is 214 g/mol. The van der Waals surface area contributed by atoms with Gasteiger partial charge in [-0.1, -0.05) is 34.6 Å². The Labute approximate surface area is 106 Å². The van der Waals surface area contributed by atoms with Gasteiger partial charge >= 0.3 is 5.97 Å². The molecule has 17 heavy (non-hydrogen) atoms. The van der Waals surface area contributed by atoms with Gasteiger partial charge in [-0.3, -0.25) is 10.1 Å². The molecule has 0 aromatic carbocycles. The van der Waals surface area contributed by atoms with Crippen molar-refractivity contribution >= 4 is 5.97 Å². The summed E-state index contributed by atoms with van der Waals surface area (Å²) < 4.78 is 0. The Morgan fingerprint density at radius 3 is 1.76 bits per heavy atom. The molecular formula is C14H29NO2. The van der Waals surface area contributed by atoms with E-state index < -0.39 is 11.5 Å². The topological polar surface area (TPSA) is 49.3 Å². The Morgan fingerprint density at radius 1 is 1.12 bits per heavy atom. The smallest absolute Gasteiger partial charge is 0.323 e. The molecule has 0 heterocycles. The lowest BCUT2D eigenvalue weighted by Gasteiger charge is -2.36. The fourth-order valence-corrected chi connectivity index (χ4v) is 2.41. The summed E-state index contributed by atoms with van der Waals surface area (Å²) in [6, 6.07) is 0.239. The zero-order chi connectivity index (χ0) is 13.6. The van der Waals surface area contributed by atoms with E-state index in [0.29, 0.717) is 24.7 Å². The number of carbonyl (C=O) groups is 1. The molecule has 0 fully saturated rings. The first kappa shape index (κ1) is 16.4. The first-order valence-corrected chi connectivity index (χ1v) is 6.74. The Kier molecular flexibility index (Phi) is 6.76. The predicted molar refractivity (Wildman–Crippen MR) is 72.2 cm³/mol. The average Bonchev–Trinajstić information content (AvgIpc) is 2.14. The predicted octanol–water partition coefficient (Wildman–Crippen LogP) is 3.29. The molecule has 0 bridgehead atoms. The van der Waals surface area contributed by atoms with Gasteiger partial charge in [-0.25, -0.2) is 0 Å². The van der Waals surface area contributed by atoms with E-state index >= 15 is 0 Å². The van der Waals surface area contributed by atoms with Crippen molar-refractivity contribution in [1.29, 1.82) is 0 Å². The van der Waals surface area contributed by atoms with Gasteiger partial charge in [0.15, 0.2) is 0 Å². The third-order valence-electron chi connectivity index (χ3n) is 3.06. The molecule has 0 spiro atoms. The van der Waals surface area contributed by atoms with Gasteiger partial charge in [0.05, 0.1) is 0 Å². The van der Waals surface area contributed by atoms with Crippen LogP contribution in [0.2, 0.25) is 0 Å². The number of nitrogens with one attached hydrogen (secondary N) is 1. The summed E-state index contributed by atoms with van der Waals surface area (Å²) in [5.41, 5.74) is -0.766. The second-order valence-electron chi connectivity index (χ2n) is 6.04.